The first-order valence-electron chi connectivity index (χ1n) is 5.67. The number of aromatic nitrogens is 1. The Morgan fingerprint density at radius 3 is 2.79 bits per heavy atom. The Labute approximate surface area is 111 Å². The van der Waals surface area contributed by atoms with E-state index in [1.54, 1.807) is 19.2 Å². The van der Waals surface area contributed by atoms with Crippen molar-refractivity contribution in [2.75, 3.05) is 12.4 Å². The normalized spacial score (nSPS) is 9.42. The van der Waals surface area contributed by atoms with Gasteiger partial charge in [0, 0.05) is 23.0 Å². The molecule has 1 aromatic heterocycles. The van der Waals surface area contributed by atoms with Gasteiger partial charge in [0.1, 0.15) is 5.75 Å². The van der Waals surface area contributed by atoms with Gasteiger partial charge >= 0.3 is 0 Å². The van der Waals surface area contributed by atoms with Crippen LogP contribution in [0.3, 0.4) is 0 Å². The number of hydrogen-bond acceptors (Lipinski definition) is 4. The smallest absolute Gasteiger partial charge is 0.181 e. The molecule has 2 aromatic rings. The lowest BCUT2D eigenvalue weighted by Gasteiger charge is -2.08. The van der Waals surface area contributed by atoms with Gasteiger partial charge in [-0.15, -0.1) is 0 Å². The maximum atomic E-state index is 8.66. The maximum absolute atomic E-state index is 8.66. The Morgan fingerprint density at radius 2 is 2.11 bits per heavy atom. The highest BCUT2D eigenvalue weighted by molar-refractivity contribution is 5.71. The van der Waals surface area contributed by atoms with Gasteiger partial charge < -0.3 is 9.72 Å². The molecule has 2 rings (SSSR count). The molecule has 0 amide bonds. The van der Waals surface area contributed by atoms with Crippen molar-refractivity contribution in [1.29, 1.82) is 10.5 Å². The quantitative estimate of drug-likeness (QED) is 0.647. The Kier molecular flexibility index (Phi) is 3.70. The van der Waals surface area contributed by atoms with Crippen molar-refractivity contribution in [2.24, 2.45) is 0 Å². The lowest BCUT2D eigenvalue weighted by Crippen LogP contribution is -1.92. The SMILES string of the molecule is COc1cc(NC#N)ccc1-c1ccc(CC#N)[nH]1. The number of H-pyrrole nitrogens is 1. The zero-order valence-corrected chi connectivity index (χ0v) is 10.4. The van der Waals surface area contributed by atoms with E-state index in [1.165, 1.54) is 0 Å². The predicted octanol–water partition coefficient (Wildman–Crippen LogP) is 2.65. The fraction of sp³-hybridized carbons (Fsp3) is 0.143. The van der Waals surface area contributed by atoms with E-state index in [2.05, 4.69) is 16.4 Å². The first-order chi connectivity index (χ1) is 9.28. The molecule has 5 nitrogen and oxygen atoms in total. The van der Waals surface area contributed by atoms with E-state index in [-0.39, 0.29) is 0 Å². The molecular formula is C14H12N4O. The summed E-state index contributed by atoms with van der Waals surface area (Å²) in [6.07, 6.45) is 2.21. The lowest BCUT2D eigenvalue weighted by atomic mass is 10.1. The minimum atomic E-state index is 0.344. The molecule has 1 heterocycles. The van der Waals surface area contributed by atoms with Crippen LogP contribution in [0.5, 0.6) is 5.75 Å². The Bertz CT molecular complexity index is 661. The van der Waals surface area contributed by atoms with Crippen LogP contribution in [0, 0.1) is 22.8 Å². The van der Waals surface area contributed by atoms with Crippen LogP contribution in [-0.4, -0.2) is 12.1 Å². The second-order valence-electron chi connectivity index (χ2n) is 3.88. The van der Waals surface area contributed by atoms with Crippen LogP contribution in [-0.2, 0) is 6.42 Å². The van der Waals surface area contributed by atoms with Gasteiger partial charge in [0.2, 0.25) is 0 Å². The molecule has 0 aliphatic carbocycles. The van der Waals surface area contributed by atoms with Gasteiger partial charge in [-0.3, -0.25) is 5.32 Å². The molecule has 0 aliphatic heterocycles. The molecule has 0 unspecified atom stereocenters. The summed E-state index contributed by atoms with van der Waals surface area (Å²) >= 11 is 0. The number of methoxy groups -OCH3 is 1. The highest BCUT2D eigenvalue weighted by Gasteiger charge is 2.09. The number of ether oxygens (including phenoxy) is 1. The summed E-state index contributed by atoms with van der Waals surface area (Å²) in [5, 5.41) is 19.8. The van der Waals surface area contributed by atoms with Crippen molar-refractivity contribution in [1.82, 2.24) is 4.98 Å². The Balaban J connectivity index is 2.38. The average molecular weight is 252 g/mol. The number of anilines is 1. The minimum absolute atomic E-state index is 0.344. The molecule has 0 saturated carbocycles. The Morgan fingerprint density at radius 1 is 1.26 bits per heavy atom. The van der Waals surface area contributed by atoms with E-state index < -0.39 is 0 Å². The number of benzene rings is 1. The van der Waals surface area contributed by atoms with Crippen molar-refractivity contribution in [2.45, 2.75) is 6.42 Å². The summed E-state index contributed by atoms with van der Waals surface area (Å²) in [6.45, 7) is 0. The molecule has 19 heavy (non-hydrogen) atoms. The molecule has 94 valence electrons. The predicted molar refractivity (Wildman–Crippen MR) is 71.3 cm³/mol. The molecule has 0 spiro atoms. The highest BCUT2D eigenvalue weighted by Crippen LogP contribution is 2.31. The largest absolute Gasteiger partial charge is 0.496 e. The molecule has 0 radical (unpaired) electrons. The van der Waals surface area contributed by atoms with Crippen molar-refractivity contribution in [3.05, 3.63) is 36.0 Å². The fourth-order valence-electron chi connectivity index (χ4n) is 1.84. The molecule has 0 aliphatic rings. The first-order valence-corrected chi connectivity index (χ1v) is 5.67. The second kappa shape index (κ2) is 5.61. The third-order valence-corrected chi connectivity index (χ3v) is 2.71. The zero-order chi connectivity index (χ0) is 13.7. The number of hydrogen-bond donors (Lipinski definition) is 2. The molecule has 2 N–H and O–H groups in total. The number of nitriles is 2. The molecule has 0 bridgehead atoms. The summed E-state index contributed by atoms with van der Waals surface area (Å²) in [5.74, 6) is 0.658. The van der Waals surface area contributed by atoms with Gasteiger partial charge in [0.25, 0.3) is 0 Å². The molecule has 0 atom stereocenters. The zero-order valence-electron chi connectivity index (χ0n) is 10.4. The molecule has 0 fully saturated rings. The van der Waals surface area contributed by atoms with Crippen LogP contribution < -0.4 is 10.1 Å². The van der Waals surface area contributed by atoms with Crippen molar-refractivity contribution in [3.63, 3.8) is 0 Å². The fourth-order valence-corrected chi connectivity index (χ4v) is 1.84. The van der Waals surface area contributed by atoms with E-state index in [1.807, 2.05) is 24.4 Å². The number of nitrogens with one attached hydrogen (secondary N) is 2. The van der Waals surface area contributed by atoms with Gasteiger partial charge in [0.05, 0.1) is 25.3 Å². The lowest BCUT2D eigenvalue weighted by molar-refractivity contribution is 0.416. The summed E-state index contributed by atoms with van der Waals surface area (Å²) in [4.78, 5) is 3.17. The van der Waals surface area contributed by atoms with Crippen LogP contribution in [0.1, 0.15) is 5.69 Å². The summed E-state index contributed by atoms with van der Waals surface area (Å²) in [6, 6.07) is 11.3. The van der Waals surface area contributed by atoms with E-state index in [9.17, 15) is 0 Å². The average Bonchev–Trinajstić information content (AvgIpc) is 2.88. The number of rotatable bonds is 4. The number of nitrogens with zero attached hydrogens (tertiary/aromatic N) is 2. The van der Waals surface area contributed by atoms with Gasteiger partial charge in [-0.1, -0.05) is 0 Å². The van der Waals surface area contributed by atoms with Crippen LogP contribution in [0.15, 0.2) is 30.3 Å². The molecular weight excluding hydrogens is 240 g/mol. The minimum Gasteiger partial charge on any atom is -0.496 e. The highest BCUT2D eigenvalue weighted by atomic mass is 16.5. The topological polar surface area (TPSA) is 84.6 Å². The summed E-state index contributed by atoms with van der Waals surface area (Å²) < 4.78 is 5.32. The Hall–Kier alpha value is -2.92. The van der Waals surface area contributed by atoms with Gasteiger partial charge in [-0.25, -0.2) is 0 Å². The van der Waals surface area contributed by atoms with Gasteiger partial charge in [0.15, 0.2) is 6.19 Å². The van der Waals surface area contributed by atoms with E-state index in [0.29, 0.717) is 17.9 Å². The van der Waals surface area contributed by atoms with Crippen LogP contribution in [0.2, 0.25) is 0 Å². The molecule has 0 saturated heterocycles. The number of aromatic amines is 1. The van der Waals surface area contributed by atoms with Crippen LogP contribution >= 0.6 is 0 Å². The third-order valence-electron chi connectivity index (χ3n) is 2.71. The first kappa shape index (κ1) is 12.5. The third kappa shape index (κ3) is 2.67. The van der Waals surface area contributed by atoms with Crippen molar-refractivity contribution in [3.8, 4) is 29.3 Å². The summed E-state index contributed by atoms with van der Waals surface area (Å²) in [7, 11) is 1.58. The summed E-state index contributed by atoms with van der Waals surface area (Å²) in [5.41, 5.74) is 3.30. The maximum Gasteiger partial charge on any atom is 0.181 e. The second-order valence-corrected chi connectivity index (χ2v) is 3.88. The van der Waals surface area contributed by atoms with Crippen LogP contribution in [0.4, 0.5) is 5.69 Å². The van der Waals surface area contributed by atoms with Crippen molar-refractivity contribution >= 4 is 5.69 Å². The van der Waals surface area contributed by atoms with Gasteiger partial charge in [-0.2, -0.15) is 10.5 Å². The molecule has 1 aromatic carbocycles. The van der Waals surface area contributed by atoms with Crippen molar-refractivity contribution < 1.29 is 4.74 Å². The van der Waals surface area contributed by atoms with Crippen LogP contribution in [0.25, 0.3) is 11.3 Å². The van der Waals surface area contributed by atoms with E-state index in [0.717, 1.165) is 17.0 Å². The monoisotopic (exact) mass is 252 g/mol. The standard InChI is InChI=1S/C14H12N4O/c1-19-14-8-11(17-9-16)2-4-12(14)13-5-3-10(18-13)6-7-15/h2-5,8,17-18H,6H2,1H3. The molecule has 5 heteroatoms. The van der Waals surface area contributed by atoms with E-state index in [4.69, 9.17) is 15.3 Å². The van der Waals surface area contributed by atoms with E-state index >= 15 is 0 Å². The van der Waals surface area contributed by atoms with Gasteiger partial charge in [-0.05, 0) is 24.3 Å².